The summed E-state index contributed by atoms with van der Waals surface area (Å²) in [5.41, 5.74) is 3.45. The number of hydrogen-bond donors (Lipinski definition) is 2. The summed E-state index contributed by atoms with van der Waals surface area (Å²) in [4.78, 5) is 12.0. The smallest absolute Gasteiger partial charge is 0.338 e. The lowest BCUT2D eigenvalue weighted by Gasteiger charge is -2.17. The number of aryl methyl sites for hydroxylation is 1. The lowest BCUT2D eigenvalue weighted by Crippen LogP contribution is -2.38. The Labute approximate surface area is 158 Å². The minimum atomic E-state index is -0.451. The first-order valence-electron chi connectivity index (χ1n) is 8.47. The molecule has 26 heavy (non-hydrogen) atoms. The SMILES string of the molecule is N#Cc1cccc(C(=O)OCCNC(=S)NC2CCc3ccccc32)c1. The number of nitrogens with one attached hydrogen (secondary N) is 2. The van der Waals surface area contributed by atoms with Crippen LogP contribution in [0.15, 0.2) is 48.5 Å². The fourth-order valence-corrected chi connectivity index (χ4v) is 3.27. The lowest BCUT2D eigenvalue weighted by atomic mass is 10.1. The number of thiocarbonyl (C=S) groups is 1. The minimum Gasteiger partial charge on any atom is -0.460 e. The summed E-state index contributed by atoms with van der Waals surface area (Å²) in [6, 6.07) is 17.0. The van der Waals surface area contributed by atoms with Gasteiger partial charge < -0.3 is 15.4 Å². The van der Waals surface area contributed by atoms with Gasteiger partial charge in [-0.1, -0.05) is 30.3 Å². The van der Waals surface area contributed by atoms with Crippen LogP contribution in [0.25, 0.3) is 0 Å². The molecular weight excluding hydrogens is 346 g/mol. The van der Waals surface area contributed by atoms with Gasteiger partial charge in [-0.15, -0.1) is 0 Å². The molecule has 1 aliphatic carbocycles. The van der Waals surface area contributed by atoms with Crippen molar-refractivity contribution in [2.75, 3.05) is 13.2 Å². The van der Waals surface area contributed by atoms with Crippen molar-refractivity contribution in [3.63, 3.8) is 0 Å². The van der Waals surface area contributed by atoms with Crippen LogP contribution < -0.4 is 10.6 Å². The van der Waals surface area contributed by atoms with E-state index in [2.05, 4.69) is 28.8 Å². The largest absolute Gasteiger partial charge is 0.460 e. The number of nitriles is 1. The van der Waals surface area contributed by atoms with Crippen molar-refractivity contribution in [1.29, 1.82) is 5.26 Å². The zero-order valence-electron chi connectivity index (χ0n) is 14.2. The van der Waals surface area contributed by atoms with Gasteiger partial charge in [-0.25, -0.2) is 4.79 Å². The number of rotatable bonds is 5. The molecule has 0 amide bonds. The molecule has 3 rings (SSSR count). The molecule has 6 heteroatoms. The van der Waals surface area contributed by atoms with Gasteiger partial charge in [0.15, 0.2) is 5.11 Å². The van der Waals surface area contributed by atoms with Crippen molar-refractivity contribution in [3.8, 4) is 6.07 Å². The average Bonchev–Trinajstić information content (AvgIpc) is 3.08. The number of benzene rings is 2. The van der Waals surface area contributed by atoms with Crippen LogP contribution >= 0.6 is 12.2 Å². The summed E-state index contributed by atoms with van der Waals surface area (Å²) in [5.74, 6) is -0.451. The molecule has 2 aromatic rings. The maximum absolute atomic E-state index is 12.0. The molecule has 0 saturated carbocycles. The molecule has 0 fully saturated rings. The second kappa shape index (κ2) is 8.45. The summed E-state index contributed by atoms with van der Waals surface area (Å²) in [7, 11) is 0. The third-order valence-corrected chi connectivity index (χ3v) is 4.55. The molecule has 0 radical (unpaired) electrons. The highest BCUT2D eigenvalue weighted by Gasteiger charge is 2.22. The van der Waals surface area contributed by atoms with E-state index in [9.17, 15) is 4.79 Å². The van der Waals surface area contributed by atoms with E-state index in [-0.39, 0.29) is 12.6 Å². The van der Waals surface area contributed by atoms with Crippen LogP contribution in [0.1, 0.15) is 39.5 Å². The molecule has 0 aromatic heterocycles. The lowest BCUT2D eigenvalue weighted by molar-refractivity contribution is 0.0512. The Morgan fingerprint density at radius 3 is 2.96 bits per heavy atom. The van der Waals surface area contributed by atoms with E-state index in [4.69, 9.17) is 22.2 Å². The Balaban J connectivity index is 1.40. The quantitative estimate of drug-likeness (QED) is 0.482. The van der Waals surface area contributed by atoms with E-state index in [1.807, 2.05) is 12.1 Å². The Bertz CT molecular complexity index is 860. The molecule has 2 N–H and O–H groups in total. The third kappa shape index (κ3) is 4.38. The van der Waals surface area contributed by atoms with Gasteiger partial charge in [-0.05, 0) is 54.4 Å². The fraction of sp³-hybridized carbons (Fsp3) is 0.250. The van der Waals surface area contributed by atoms with Gasteiger partial charge in [0, 0.05) is 0 Å². The summed E-state index contributed by atoms with van der Waals surface area (Å²) >= 11 is 5.33. The number of carbonyl (C=O) groups excluding carboxylic acids is 1. The van der Waals surface area contributed by atoms with Crippen LogP contribution in [0.4, 0.5) is 0 Å². The molecule has 132 valence electrons. The Morgan fingerprint density at radius 1 is 1.27 bits per heavy atom. The van der Waals surface area contributed by atoms with Gasteiger partial charge in [0.1, 0.15) is 6.61 Å². The maximum atomic E-state index is 12.0. The van der Waals surface area contributed by atoms with Gasteiger partial charge in [-0.3, -0.25) is 0 Å². The van der Waals surface area contributed by atoms with Gasteiger partial charge in [0.05, 0.1) is 29.8 Å². The topological polar surface area (TPSA) is 74.2 Å². The Hall–Kier alpha value is -2.91. The van der Waals surface area contributed by atoms with Gasteiger partial charge in [0.25, 0.3) is 0 Å². The summed E-state index contributed by atoms with van der Waals surface area (Å²) in [6.07, 6.45) is 2.07. The third-order valence-electron chi connectivity index (χ3n) is 4.29. The van der Waals surface area contributed by atoms with Crippen molar-refractivity contribution in [2.45, 2.75) is 18.9 Å². The van der Waals surface area contributed by atoms with Crippen LogP contribution in [0, 0.1) is 11.3 Å². The molecule has 5 nitrogen and oxygen atoms in total. The number of nitrogens with zero attached hydrogens (tertiary/aromatic N) is 1. The number of ether oxygens (including phenoxy) is 1. The Morgan fingerprint density at radius 2 is 2.12 bits per heavy atom. The van der Waals surface area contributed by atoms with Crippen LogP contribution in [-0.2, 0) is 11.2 Å². The highest BCUT2D eigenvalue weighted by Crippen LogP contribution is 2.30. The van der Waals surface area contributed by atoms with E-state index in [1.54, 1.807) is 18.2 Å². The fourth-order valence-electron chi connectivity index (χ4n) is 3.02. The highest BCUT2D eigenvalue weighted by molar-refractivity contribution is 7.80. The van der Waals surface area contributed by atoms with Gasteiger partial charge in [-0.2, -0.15) is 5.26 Å². The van der Waals surface area contributed by atoms with Crippen LogP contribution in [0.3, 0.4) is 0 Å². The zero-order chi connectivity index (χ0) is 18.4. The normalized spacial score (nSPS) is 14.8. The van der Waals surface area contributed by atoms with Crippen molar-refractivity contribution >= 4 is 23.3 Å². The van der Waals surface area contributed by atoms with Gasteiger partial charge in [0.2, 0.25) is 0 Å². The zero-order valence-corrected chi connectivity index (χ0v) is 15.0. The first kappa shape index (κ1) is 17.9. The van der Waals surface area contributed by atoms with Gasteiger partial charge >= 0.3 is 5.97 Å². The molecule has 0 bridgehead atoms. The summed E-state index contributed by atoms with van der Waals surface area (Å²) in [5, 5.41) is 15.8. The molecule has 1 unspecified atom stereocenters. The van der Waals surface area contributed by atoms with E-state index >= 15 is 0 Å². The van der Waals surface area contributed by atoms with Crippen molar-refractivity contribution in [2.24, 2.45) is 0 Å². The molecule has 1 aliphatic rings. The van der Waals surface area contributed by atoms with Crippen molar-refractivity contribution in [3.05, 3.63) is 70.8 Å². The standard InChI is InChI=1S/C20H19N3O2S/c21-13-14-4-3-6-16(12-14)19(24)25-11-10-22-20(26)23-18-9-8-15-5-1-2-7-17(15)18/h1-7,12,18H,8-11H2,(H2,22,23,26). The van der Waals surface area contributed by atoms with Crippen LogP contribution in [0.5, 0.6) is 0 Å². The highest BCUT2D eigenvalue weighted by atomic mass is 32.1. The monoisotopic (exact) mass is 365 g/mol. The van der Waals surface area contributed by atoms with E-state index in [0.29, 0.717) is 22.8 Å². The van der Waals surface area contributed by atoms with E-state index < -0.39 is 5.97 Å². The first-order chi connectivity index (χ1) is 12.7. The number of esters is 1. The molecule has 0 heterocycles. The van der Waals surface area contributed by atoms with E-state index in [0.717, 1.165) is 12.8 Å². The first-order valence-corrected chi connectivity index (χ1v) is 8.87. The maximum Gasteiger partial charge on any atom is 0.338 e. The second-order valence-corrected chi connectivity index (χ2v) is 6.43. The van der Waals surface area contributed by atoms with Crippen LogP contribution in [0.2, 0.25) is 0 Å². The van der Waals surface area contributed by atoms with E-state index in [1.165, 1.54) is 17.2 Å². The number of carbonyl (C=O) groups is 1. The minimum absolute atomic E-state index is 0.193. The molecule has 0 aliphatic heterocycles. The molecular formula is C20H19N3O2S. The average molecular weight is 365 g/mol. The van der Waals surface area contributed by atoms with Crippen molar-refractivity contribution in [1.82, 2.24) is 10.6 Å². The summed E-state index contributed by atoms with van der Waals surface area (Å²) in [6.45, 7) is 0.614. The summed E-state index contributed by atoms with van der Waals surface area (Å²) < 4.78 is 5.21. The van der Waals surface area contributed by atoms with Crippen LogP contribution in [-0.4, -0.2) is 24.2 Å². The predicted octanol–water partition coefficient (Wildman–Crippen LogP) is 2.87. The predicted molar refractivity (Wildman–Crippen MR) is 103 cm³/mol. The van der Waals surface area contributed by atoms with Crippen molar-refractivity contribution < 1.29 is 9.53 Å². The Kier molecular flexibility index (Phi) is 5.82. The molecule has 0 spiro atoms. The molecule has 2 aromatic carbocycles. The second-order valence-electron chi connectivity index (χ2n) is 6.02. The number of fused-ring (bicyclic) bond motifs is 1. The molecule has 0 saturated heterocycles. The number of hydrogen-bond acceptors (Lipinski definition) is 4. The molecule has 1 atom stereocenters.